The molecule has 0 aliphatic carbocycles. The molecule has 0 aliphatic rings. The van der Waals surface area contributed by atoms with Crippen LogP contribution in [0.25, 0.3) is 0 Å². The van der Waals surface area contributed by atoms with Gasteiger partial charge in [0, 0.05) is 45.3 Å². The van der Waals surface area contributed by atoms with Crippen molar-refractivity contribution in [1.82, 2.24) is 18.0 Å². The summed E-state index contributed by atoms with van der Waals surface area (Å²) in [5.74, 6) is 0. The summed E-state index contributed by atoms with van der Waals surface area (Å²) in [4.78, 5) is 0. The first kappa shape index (κ1) is 47.4. The van der Waals surface area contributed by atoms with Crippen LogP contribution in [0.4, 0.5) is 0 Å². The predicted octanol–water partition coefficient (Wildman–Crippen LogP) is 7.79. The molecule has 0 aromatic rings. The fraction of sp³-hybridized carbons (Fsp3) is 1.00. The SMILES string of the molecule is CC(C)N(C)P(C)(C)=N[P+](C)(C)C.CC(C)N(C)[P+](C)(C)C.CC(C)N(C)[S+](C)(C)=O.CC(C)N(C)[S+](C)C. The van der Waals surface area contributed by atoms with Crippen LogP contribution < -0.4 is 0 Å². The molecule has 0 N–H and O–H groups in total. The minimum Gasteiger partial charge on any atom is -0.267 e. The lowest BCUT2D eigenvalue weighted by atomic mass is 10.4. The van der Waals surface area contributed by atoms with Crippen LogP contribution in [-0.2, 0) is 25.4 Å². The van der Waals surface area contributed by atoms with Crippen molar-refractivity contribution < 1.29 is 4.21 Å². The average molecular weight is 656 g/mol. The van der Waals surface area contributed by atoms with E-state index >= 15 is 0 Å². The summed E-state index contributed by atoms with van der Waals surface area (Å²) >= 11 is 0.443. The summed E-state index contributed by atoms with van der Waals surface area (Å²) in [6, 6.07) is 2.35. The molecule has 0 aromatic carbocycles. The first-order valence-corrected chi connectivity index (χ1v) is 27.1. The van der Waals surface area contributed by atoms with E-state index in [1.165, 1.54) is 0 Å². The van der Waals surface area contributed by atoms with Gasteiger partial charge in [-0.1, -0.05) is 4.21 Å². The minimum absolute atomic E-state index is 0.368. The molecule has 0 saturated carbocycles. The molecule has 0 radical (unpaired) electrons. The van der Waals surface area contributed by atoms with Crippen LogP contribution in [0.3, 0.4) is 0 Å². The summed E-state index contributed by atoms with van der Waals surface area (Å²) in [7, 11) is 3.79. The average Bonchev–Trinajstić information content (AvgIpc) is 2.69. The summed E-state index contributed by atoms with van der Waals surface area (Å²) in [6.07, 6.45) is 7.99. The molecule has 0 saturated heterocycles. The van der Waals surface area contributed by atoms with Gasteiger partial charge in [0.05, 0.1) is 65.7 Å². The Bertz CT molecular complexity index is 714. The van der Waals surface area contributed by atoms with Crippen molar-refractivity contribution in [2.24, 2.45) is 4.52 Å². The largest absolute Gasteiger partial charge is 0.267 e. The van der Waals surface area contributed by atoms with E-state index in [2.05, 4.69) is 142 Å². The third kappa shape index (κ3) is 26.8. The van der Waals surface area contributed by atoms with Gasteiger partial charge in [-0.3, -0.25) is 4.67 Å². The molecule has 0 aliphatic heterocycles. The van der Waals surface area contributed by atoms with Gasteiger partial charge in [-0.2, -0.15) is 4.67 Å². The van der Waals surface area contributed by atoms with Crippen molar-refractivity contribution >= 4 is 43.2 Å². The second-order valence-electron chi connectivity index (χ2n) is 13.9. The Labute approximate surface area is 255 Å². The van der Waals surface area contributed by atoms with E-state index in [0.29, 0.717) is 35.2 Å². The standard InChI is InChI=1S/C9H25N2P2.C7H19NP.C6H16NOS.C6H16NS/c1-9(2)11(3)13(7,8)10-12(4,5)6;1-7(2)8(3)9(4,5)6;1-6(2)7(3)9(4,5)8;1-6(2)7(3)8(4)5/h9H,1-8H3;7H,1-6H3;6H,1-5H3;6H,1-5H3/q4*+1. The van der Waals surface area contributed by atoms with Gasteiger partial charge in [0.15, 0.2) is 10.1 Å². The maximum atomic E-state index is 11.3. The fourth-order valence-electron chi connectivity index (χ4n) is 2.91. The zero-order valence-electron chi connectivity index (χ0n) is 31.1. The Morgan fingerprint density at radius 2 is 1.05 bits per heavy atom. The van der Waals surface area contributed by atoms with Gasteiger partial charge in [0.25, 0.3) is 0 Å². The van der Waals surface area contributed by atoms with E-state index < -0.39 is 32.2 Å². The molecule has 0 aromatic heterocycles. The minimum atomic E-state index is -1.72. The van der Waals surface area contributed by atoms with E-state index in [0.717, 1.165) is 0 Å². The Hall–Kier alpha value is 1.43. The Morgan fingerprint density at radius 1 is 0.692 bits per heavy atom. The highest BCUT2D eigenvalue weighted by Crippen LogP contribution is 2.61. The van der Waals surface area contributed by atoms with Gasteiger partial charge in [0.1, 0.15) is 32.4 Å². The van der Waals surface area contributed by atoms with Crippen molar-refractivity contribution in [1.29, 1.82) is 0 Å². The quantitative estimate of drug-likeness (QED) is 0.188. The van der Waals surface area contributed by atoms with Crippen molar-refractivity contribution in [3.63, 3.8) is 0 Å². The van der Waals surface area contributed by atoms with Crippen LogP contribution in [-0.4, -0.2) is 149 Å². The van der Waals surface area contributed by atoms with E-state index in [-0.39, 0.29) is 0 Å². The predicted molar refractivity (Wildman–Crippen MR) is 201 cm³/mol. The molecule has 0 bridgehead atoms. The summed E-state index contributed by atoms with van der Waals surface area (Å²) < 4.78 is 25.4. The number of nitrogens with zero attached hydrogens (tertiary/aromatic N) is 5. The molecule has 0 spiro atoms. The number of rotatable bonds is 9. The Morgan fingerprint density at radius 3 is 1.13 bits per heavy atom. The lowest BCUT2D eigenvalue weighted by Crippen LogP contribution is -2.35. The highest BCUT2D eigenvalue weighted by atomic mass is 32.3. The third-order valence-corrected chi connectivity index (χ3v) is 18.1. The first-order valence-electron chi connectivity index (χ1n) is 14.0. The van der Waals surface area contributed by atoms with Crippen LogP contribution in [0, 0.1) is 0 Å². The third-order valence-electron chi connectivity index (χ3n) is 6.42. The second-order valence-corrected chi connectivity index (χ2v) is 31.4. The Kier molecular flexibility index (Phi) is 24.8. The zero-order valence-corrected chi connectivity index (χ0v) is 35.4. The van der Waals surface area contributed by atoms with E-state index in [4.69, 9.17) is 4.52 Å². The maximum Gasteiger partial charge on any atom is 0.152 e. The smallest absolute Gasteiger partial charge is 0.152 e. The van der Waals surface area contributed by atoms with Gasteiger partial charge >= 0.3 is 0 Å². The van der Waals surface area contributed by atoms with Gasteiger partial charge < -0.3 is 0 Å². The molecule has 0 heterocycles. The topological polar surface area (TPSA) is 42.4 Å². The van der Waals surface area contributed by atoms with Crippen molar-refractivity contribution in [3.8, 4) is 0 Å². The highest BCUT2D eigenvalue weighted by Gasteiger charge is 2.26. The molecular weight excluding hydrogens is 579 g/mol. The maximum absolute atomic E-state index is 11.3. The zero-order chi connectivity index (χ0) is 32.9. The molecule has 11 heteroatoms. The molecule has 0 atom stereocenters. The van der Waals surface area contributed by atoms with E-state index in [1.807, 2.05) is 25.2 Å². The van der Waals surface area contributed by atoms with Gasteiger partial charge in [-0.15, -0.1) is 13.1 Å². The molecular formula is C28H76N5OP3S2+4. The molecule has 39 heavy (non-hydrogen) atoms. The Balaban J connectivity index is -0.000000214. The molecule has 0 amide bonds. The summed E-state index contributed by atoms with van der Waals surface area (Å²) in [6.45, 7) is 35.9. The lowest BCUT2D eigenvalue weighted by Gasteiger charge is -2.30. The van der Waals surface area contributed by atoms with Crippen LogP contribution >= 0.6 is 22.0 Å². The van der Waals surface area contributed by atoms with Crippen molar-refractivity contribution in [2.45, 2.75) is 79.6 Å². The molecule has 0 fully saturated rings. The fourth-order valence-corrected chi connectivity index (χ4v) is 13.0. The molecule has 0 rings (SSSR count). The normalized spacial score (nSPS) is 13.3. The van der Waals surface area contributed by atoms with Crippen LogP contribution in [0.2, 0.25) is 0 Å². The van der Waals surface area contributed by atoms with Crippen LogP contribution in [0.1, 0.15) is 55.4 Å². The van der Waals surface area contributed by atoms with Gasteiger partial charge in [-0.25, -0.2) is 0 Å². The first-order chi connectivity index (χ1) is 16.8. The molecule has 0 unspecified atom stereocenters. The van der Waals surface area contributed by atoms with Crippen LogP contribution in [0.5, 0.6) is 0 Å². The molecule has 242 valence electrons. The van der Waals surface area contributed by atoms with Gasteiger partial charge in [-0.05, 0) is 75.8 Å². The van der Waals surface area contributed by atoms with Crippen molar-refractivity contribution in [3.05, 3.63) is 0 Å². The van der Waals surface area contributed by atoms with Crippen molar-refractivity contribution in [2.75, 3.05) is 107 Å². The highest BCUT2D eigenvalue weighted by molar-refractivity contribution is 7.99. The lowest BCUT2D eigenvalue weighted by molar-refractivity contribution is 0.426. The molecule has 6 nitrogen and oxygen atoms in total. The monoisotopic (exact) mass is 655 g/mol. The van der Waals surface area contributed by atoms with E-state index in [1.54, 1.807) is 12.5 Å². The second kappa shape index (κ2) is 20.4. The summed E-state index contributed by atoms with van der Waals surface area (Å²) in [5.41, 5.74) is 0. The number of hydrogen-bond donors (Lipinski definition) is 0. The van der Waals surface area contributed by atoms with E-state index in [9.17, 15) is 4.21 Å². The van der Waals surface area contributed by atoms with Gasteiger partial charge in [0.2, 0.25) is 0 Å². The summed E-state index contributed by atoms with van der Waals surface area (Å²) in [5, 5.41) is 0. The van der Waals surface area contributed by atoms with Crippen LogP contribution in [0.15, 0.2) is 4.52 Å². The number of hydrogen-bond acceptors (Lipinski definition) is 4.